The standard InChI is InChI=1S/C23H26ClN3O3.ClH/c24-19-3-1-4-20(16-19)30-14-2-9-26-10-12-27(13-11-26)23(29)18-5-7-21-17(15-18)6-8-22(28)25-21;/h1,3-5,7,15-16H,2,6,8-14H2,(H,25,28);1H. The van der Waals surface area contributed by atoms with Crippen molar-refractivity contribution in [2.75, 3.05) is 44.6 Å². The molecule has 2 amide bonds. The average Bonchev–Trinajstić information content (AvgIpc) is 2.76. The summed E-state index contributed by atoms with van der Waals surface area (Å²) < 4.78 is 5.75. The molecule has 6 nitrogen and oxygen atoms in total. The fourth-order valence-electron chi connectivity index (χ4n) is 3.91. The first-order chi connectivity index (χ1) is 14.6. The molecule has 1 N–H and O–H groups in total. The van der Waals surface area contributed by atoms with Gasteiger partial charge in [-0.05, 0) is 54.8 Å². The Morgan fingerprint density at radius 1 is 1.06 bits per heavy atom. The van der Waals surface area contributed by atoms with E-state index in [0.29, 0.717) is 30.0 Å². The molecule has 0 saturated carbocycles. The molecule has 2 aliphatic heterocycles. The van der Waals surface area contributed by atoms with Gasteiger partial charge in [-0.15, -0.1) is 12.4 Å². The number of benzene rings is 2. The highest BCUT2D eigenvalue weighted by Gasteiger charge is 2.23. The monoisotopic (exact) mass is 463 g/mol. The van der Waals surface area contributed by atoms with Crippen LogP contribution in [0.4, 0.5) is 5.69 Å². The molecule has 1 saturated heterocycles. The lowest BCUT2D eigenvalue weighted by Gasteiger charge is -2.35. The number of nitrogens with one attached hydrogen (secondary N) is 1. The van der Waals surface area contributed by atoms with E-state index in [1.165, 1.54) is 0 Å². The SMILES string of the molecule is Cl.O=C1CCc2cc(C(=O)N3CCN(CCCOc4cccc(Cl)c4)CC3)ccc2N1. The molecule has 0 bridgehead atoms. The number of amides is 2. The first-order valence-electron chi connectivity index (χ1n) is 10.4. The summed E-state index contributed by atoms with van der Waals surface area (Å²) in [5.74, 6) is 0.900. The molecular formula is C23H27Cl2N3O3. The van der Waals surface area contributed by atoms with Gasteiger partial charge in [0.05, 0.1) is 6.61 Å². The van der Waals surface area contributed by atoms with E-state index < -0.39 is 0 Å². The number of nitrogens with zero attached hydrogens (tertiary/aromatic N) is 2. The van der Waals surface area contributed by atoms with Gasteiger partial charge in [-0.3, -0.25) is 14.5 Å². The summed E-state index contributed by atoms with van der Waals surface area (Å²) in [6.45, 7) is 4.77. The number of carbonyl (C=O) groups excluding carboxylic acids is 2. The minimum absolute atomic E-state index is 0. The molecule has 0 unspecified atom stereocenters. The predicted octanol–water partition coefficient (Wildman–Crippen LogP) is 3.87. The molecule has 0 radical (unpaired) electrons. The number of rotatable bonds is 6. The largest absolute Gasteiger partial charge is 0.493 e. The van der Waals surface area contributed by atoms with E-state index in [9.17, 15) is 9.59 Å². The van der Waals surface area contributed by atoms with Crippen molar-refractivity contribution in [3.8, 4) is 5.75 Å². The van der Waals surface area contributed by atoms with Crippen LogP contribution in [0.3, 0.4) is 0 Å². The van der Waals surface area contributed by atoms with Gasteiger partial charge in [-0.2, -0.15) is 0 Å². The summed E-state index contributed by atoms with van der Waals surface area (Å²) in [5.41, 5.74) is 2.57. The molecular weight excluding hydrogens is 437 g/mol. The second-order valence-corrected chi connectivity index (χ2v) is 8.15. The predicted molar refractivity (Wildman–Crippen MR) is 125 cm³/mol. The van der Waals surface area contributed by atoms with Crippen molar-refractivity contribution in [3.05, 3.63) is 58.6 Å². The van der Waals surface area contributed by atoms with Crippen LogP contribution in [0.2, 0.25) is 5.02 Å². The zero-order valence-electron chi connectivity index (χ0n) is 17.3. The molecule has 8 heteroatoms. The van der Waals surface area contributed by atoms with Crippen LogP contribution in [0.25, 0.3) is 0 Å². The number of piperazine rings is 1. The number of anilines is 1. The first-order valence-corrected chi connectivity index (χ1v) is 10.8. The highest BCUT2D eigenvalue weighted by molar-refractivity contribution is 6.30. The van der Waals surface area contributed by atoms with Crippen LogP contribution in [0.1, 0.15) is 28.8 Å². The number of carbonyl (C=O) groups is 2. The number of ether oxygens (including phenoxy) is 1. The van der Waals surface area contributed by atoms with Crippen LogP contribution in [0, 0.1) is 0 Å². The second kappa shape index (κ2) is 10.8. The van der Waals surface area contributed by atoms with E-state index >= 15 is 0 Å². The number of hydrogen-bond acceptors (Lipinski definition) is 4. The molecule has 2 aromatic carbocycles. The molecule has 2 aromatic rings. The maximum absolute atomic E-state index is 12.9. The molecule has 31 heavy (non-hydrogen) atoms. The van der Waals surface area contributed by atoms with Crippen LogP contribution in [0.15, 0.2) is 42.5 Å². The molecule has 2 heterocycles. The lowest BCUT2D eigenvalue weighted by molar-refractivity contribution is -0.116. The maximum atomic E-state index is 12.9. The van der Waals surface area contributed by atoms with E-state index in [2.05, 4.69) is 10.2 Å². The third-order valence-electron chi connectivity index (χ3n) is 5.59. The van der Waals surface area contributed by atoms with Crippen LogP contribution < -0.4 is 10.1 Å². The molecule has 0 spiro atoms. The summed E-state index contributed by atoms with van der Waals surface area (Å²) >= 11 is 5.97. The molecule has 166 valence electrons. The third-order valence-corrected chi connectivity index (χ3v) is 5.83. The Morgan fingerprint density at radius 2 is 1.87 bits per heavy atom. The summed E-state index contributed by atoms with van der Waals surface area (Å²) in [6, 6.07) is 13.0. The number of halogens is 2. The van der Waals surface area contributed by atoms with Gasteiger partial charge in [0.25, 0.3) is 5.91 Å². The minimum atomic E-state index is 0. The third kappa shape index (κ3) is 6.12. The molecule has 1 fully saturated rings. The van der Waals surface area contributed by atoms with Gasteiger partial charge in [0.2, 0.25) is 5.91 Å². The average molecular weight is 464 g/mol. The van der Waals surface area contributed by atoms with Gasteiger partial charge in [-0.1, -0.05) is 17.7 Å². The van der Waals surface area contributed by atoms with Crippen LogP contribution in [-0.2, 0) is 11.2 Å². The highest BCUT2D eigenvalue weighted by Crippen LogP contribution is 2.24. The fourth-order valence-corrected chi connectivity index (χ4v) is 4.09. The quantitative estimate of drug-likeness (QED) is 0.660. The number of fused-ring (bicyclic) bond motifs is 1. The van der Waals surface area contributed by atoms with E-state index in [1.54, 1.807) is 0 Å². The van der Waals surface area contributed by atoms with Crippen LogP contribution >= 0.6 is 24.0 Å². The van der Waals surface area contributed by atoms with Gasteiger partial charge in [0.1, 0.15) is 5.75 Å². The molecule has 2 aliphatic rings. The van der Waals surface area contributed by atoms with E-state index in [1.807, 2.05) is 47.4 Å². The zero-order chi connectivity index (χ0) is 20.9. The molecule has 0 aliphatic carbocycles. The van der Waals surface area contributed by atoms with Crippen molar-refractivity contribution in [2.45, 2.75) is 19.3 Å². The Bertz CT molecular complexity index is 930. The zero-order valence-corrected chi connectivity index (χ0v) is 18.9. The number of hydrogen-bond donors (Lipinski definition) is 1. The fraction of sp³-hybridized carbons (Fsp3) is 0.391. The summed E-state index contributed by atoms with van der Waals surface area (Å²) in [4.78, 5) is 28.7. The van der Waals surface area contributed by atoms with Gasteiger partial charge in [0, 0.05) is 55.4 Å². The minimum Gasteiger partial charge on any atom is -0.493 e. The molecule has 0 aromatic heterocycles. The van der Waals surface area contributed by atoms with E-state index in [0.717, 1.165) is 56.1 Å². The lowest BCUT2D eigenvalue weighted by Crippen LogP contribution is -2.49. The Kier molecular flexibility index (Phi) is 8.18. The second-order valence-electron chi connectivity index (χ2n) is 7.71. The van der Waals surface area contributed by atoms with Gasteiger partial charge < -0.3 is 15.0 Å². The Hall–Kier alpha value is -2.28. The van der Waals surface area contributed by atoms with Crippen molar-refractivity contribution in [3.63, 3.8) is 0 Å². The first kappa shape index (κ1) is 23.4. The smallest absolute Gasteiger partial charge is 0.253 e. The number of aryl methyl sites for hydroxylation is 1. The Balaban J connectivity index is 0.00000272. The van der Waals surface area contributed by atoms with E-state index in [4.69, 9.17) is 16.3 Å². The summed E-state index contributed by atoms with van der Waals surface area (Å²) in [5, 5.41) is 3.54. The Labute approximate surface area is 193 Å². The summed E-state index contributed by atoms with van der Waals surface area (Å²) in [7, 11) is 0. The van der Waals surface area contributed by atoms with Crippen molar-refractivity contribution in [1.29, 1.82) is 0 Å². The van der Waals surface area contributed by atoms with Gasteiger partial charge in [0.15, 0.2) is 0 Å². The maximum Gasteiger partial charge on any atom is 0.253 e. The van der Waals surface area contributed by atoms with Crippen molar-refractivity contribution in [2.24, 2.45) is 0 Å². The topological polar surface area (TPSA) is 61.9 Å². The highest BCUT2D eigenvalue weighted by atomic mass is 35.5. The van der Waals surface area contributed by atoms with Gasteiger partial charge >= 0.3 is 0 Å². The van der Waals surface area contributed by atoms with Crippen molar-refractivity contribution < 1.29 is 14.3 Å². The summed E-state index contributed by atoms with van der Waals surface area (Å²) in [6.07, 6.45) is 2.09. The normalized spacial score (nSPS) is 16.2. The molecule has 4 rings (SSSR count). The van der Waals surface area contributed by atoms with Crippen LogP contribution in [-0.4, -0.2) is 60.9 Å². The van der Waals surface area contributed by atoms with Crippen molar-refractivity contribution in [1.82, 2.24) is 9.80 Å². The van der Waals surface area contributed by atoms with Gasteiger partial charge in [-0.25, -0.2) is 0 Å². The lowest BCUT2D eigenvalue weighted by atomic mass is 10.00. The molecule has 0 atom stereocenters. The van der Waals surface area contributed by atoms with Crippen LogP contribution in [0.5, 0.6) is 5.75 Å². The Morgan fingerprint density at radius 3 is 2.65 bits per heavy atom. The van der Waals surface area contributed by atoms with E-state index in [-0.39, 0.29) is 24.2 Å². The van der Waals surface area contributed by atoms with Crippen molar-refractivity contribution >= 4 is 41.5 Å².